The highest BCUT2D eigenvalue weighted by Crippen LogP contribution is 2.25. The largest absolute Gasteiger partial charge is 0.357 e. The molecule has 1 heterocycles. The Labute approximate surface area is 154 Å². The maximum Gasteiger partial charge on any atom is 0.191 e. The number of halogens is 1. The van der Waals surface area contributed by atoms with E-state index in [1.165, 1.54) is 5.56 Å². The van der Waals surface area contributed by atoms with Crippen LogP contribution in [-0.2, 0) is 13.0 Å². The number of hydrogen-bond acceptors (Lipinski definition) is 3. The van der Waals surface area contributed by atoms with E-state index in [1.807, 2.05) is 18.2 Å². The molecule has 0 radical (unpaired) electrons. The minimum absolute atomic E-state index is 0.863. The molecule has 4 nitrogen and oxygen atoms in total. The van der Waals surface area contributed by atoms with Gasteiger partial charge in [-0.3, -0.25) is 0 Å². The molecule has 0 aliphatic carbocycles. The highest BCUT2D eigenvalue weighted by molar-refractivity contribution is 9.10. The fourth-order valence-corrected chi connectivity index (χ4v) is 3.48. The van der Waals surface area contributed by atoms with Crippen LogP contribution in [0.2, 0.25) is 0 Å². The van der Waals surface area contributed by atoms with Gasteiger partial charge >= 0.3 is 0 Å². The van der Waals surface area contributed by atoms with Gasteiger partial charge in [0.25, 0.3) is 0 Å². The van der Waals surface area contributed by atoms with Gasteiger partial charge in [-0.2, -0.15) is 0 Å². The van der Waals surface area contributed by atoms with Crippen molar-refractivity contribution >= 4 is 27.7 Å². The van der Waals surface area contributed by atoms with Crippen LogP contribution in [-0.4, -0.2) is 27.1 Å². The van der Waals surface area contributed by atoms with E-state index in [-0.39, 0.29) is 0 Å². The van der Waals surface area contributed by atoms with E-state index < -0.39 is 0 Å². The number of nitrogens with zero attached hydrogens (tertiary/aromatic N) is 3. The Morgan fingerprint density at radius 3 is 2.46 bits per heavy atom. The first-order valence-corrected chi connectivity index (χ1v) is 9.71. The zero-order valence-electron chi connectivity index (χ0n) is 13.4. The summed E-state index contributed by atoms with van der Waals surface area (Å²) in [6.07, 6.45) is 0.959. The van der Waals surface area contributed by atoms with E-state index in [0.717, 1.165) is 46.3 Å². The molecule has 0 bridgehead atoms. The van der Waals surface area contributed by atoms with Gasteiger partial charge in [0, 0.05) is 16.6 Å². The summed E-state index contributed by atoms with van der Waals surface area (Å²) in [6, 6.07) is 18.7. The summed E-state index contributed by atoms with van der Waals surface area (Å²) >= 11 is 5.20. The lowest BCUT2D eigenvalue weighted by Gasteiger charge is -2.10. The van der Waals surface area contributed by atoms with Crippen LogP contribution in [0.5, 0.6) is 0 Å². The molecule has 124 valence electrons. The molecule has 3 N–H and O–H groups in total. The molecule has 0 spiro atoms. The molecule has 2 aromatic carbocycles. The van der Waals surface area contributed by atoms with Gasteiger partial charge in [0.2, 0.25) is 0 Å². The Balaban J connectivity index is 1.87. The summed E-state index contributed by atoms with van der Waals surface area (Å²) in [7, 11) is 0. The molecule has 0 amide bonds. The van der Waals surface area contributed by atoms with E-state index in [0.29, 0.717) is 0 Å². The Bertz CT molecular complexity index is 771. The smallest absolute Gasteiger partial charge is 0.191 e. The van der Waals surface area contributed by atoms with E-state index in [2.05, 4.69) is 72.8 Å². The topological polar surface area (TPSA) is 58.4 Å². The van der Waals surface area contributed by atoms with Crippen molar-refractivity contribution < 1.29 is 5.73 Å². The maximum atomic E-state index is 4.44. The third-order valence-corrected chi connectivity index (χ3v) is 5.24. The predicted octanol–water partition coefficient (Wildman–Crippen LogP) is 3.28. The normalized spacial score (nSPS) is 10.9. The van der Waals surface area contributed by atoms with Crippen molar-refractivity contribution in [2.75, 3.05) is 12.3 Å². The Morgan fingerprint density at radius 2 is 1.75 bits per heavy atom. The zero-order chi connectivity index (χ0) is 16.8. The van der Waals surface area contributed by atoms with Crippen molar-refractivity contribution in [3.8, 4) is 11.4 Å². The van der Waals surface area contributed by atoms with Crippen molar-refractivity contribution in [2.45, 2.75) is 18.1 Å². The number of benzene rings is 2. The molecule has 1 aromatic heterocycles. The lowest BCUT2D eigenvalue weighted by atomic mass is 10.1. The average molecular weight is 404 g/mol. The molecule has 0 atom stereocenters. The molecule has 0 aliphatic heterocycles. The summed E-state index contributed by atoms with van der Waals surface area (Å²) in [5.41, 5.74) is 6.32. The Hall–Kier alpha value is -1.63. The molecule has 0 fully saturated rings. The number of thioether (sulfide) groups is 1. The molecular formula is C18H20BrN4S+. The van der Waals surface area contributed by atoms with Gasteiger partial charge in [-0.05, 0) is 24.1 Å². The molecule has 6 heteroatoms. The zero-order valence-corrected chi connectivity index (χ0v) is 15.8. The average Bonchev–Trinajstić information content (AvgIpc) is 3.02. The molecule has 3 rings (SSSR count). The summed E-state index contributed by atoms with van der Waals surface area (Å²) in [4.78, 5) is 0. The second-order valence-corrected chi connectivity index (χ2v) is 7.38. The van der Waals surface area contributed by atoms with E-state index >= 15 is 0 Å². The fraction of sp³-hybridized carbons (Fsp3) is 0.222. The van der Waals surface area contributed by atoms with Crippen LogP contribution >= 0.6 is 27.7 Å². The van der Waals surface area contributed by atoms with Gasteiger partial charge < -0.3 is 10.3 Å². The summed E-state index contributed by atoms with van der Waals surface area (Å²) in [6.45, 7) is 1.74. The van der Waals surface area contributed by atoms with Crippen molar-refractivity contribution in [2.24, 2.45) is 0 Å². The second-order valence-electron chi connectivity index (χ2n) is 5.40. The first kappa shape index (κ1) is 17.2. The van der Waals surface area contributed by atoms with Crippen LogP contribution in [0.3, 0.4) is 0 Å². The van der Waals surface area contributed by atoms with Gasteiger partial charge in [-0.25, -0.2) is 0 Å². The lowest BCUT2D eigenvalue weighted by Crippen LogP contribution is -2.51. The summed E-state index contributed by atoms with van der Waals surface area (Å²) in [5.74, 6) is 1.87. The quantitative estimate of drug-likeness (QED) is 0.615. The standard InChI is InChI=1S/C18H19BrN4S/c19-16-8-6-15(7-9-16)17-21-22-18(24-13-11-20)23(17)12-10-14-4-2-1-3-5-14/h1-9H,10-13,20H2/p+1. The number of hydrogen-bond donors (Lipinski definition) is 1. The van der Waals surface area contributed by atoms with Crippen LogP contribution in [0.4, 0.5) is 0 Å². The lowest BCUT2D eigenvalue weighted by molar-refractivity contribution is -0.360. The van der Waals surface area contributed by atoms with Crippen LogP contribution in [0.1, 0.15) is 5.56 Å². The van der Waals surface area contributed by atoms with Crippen LogP contribution in [0.25, 0.3) is 11.4 Å². The summed E-state index contributed by atoms with van der Waals surface area (Å²) < 4.78 is 3.28. The minimum Gasteiger partial charge on any atom is -0.357 e. The number of aromatic nitrogens is 3. The third-order valence-electron chi connectivity index (χ3n) is 3.66. The first-order valence-electron chi connectivity index (χ1n) is 7.93. The minimum atomic E-state index is 0.863. The first-order chi connectivity index (χ1) is 11.8. The van der Waals surface area contributed by atoms with Gasteiger partial charge in [0.05, 0.1) is 12.3 Å². The summed E-state index contributed by atoms with van der Waals surface area (Å²) in [5, 5.41) is 9.80. The molecule has 0 saturated carbocycles. The molecule has 0 aliphatic rings. The number of rotatable bonds is 7. The third kappa shape index (κ3) is 4.26. The molecule has 0 unspecified atom stereocenters. The van der Waals surface area contributed by atoms with Gasteiger partial charge in [0.1, 0.15) is 0 Å². The molecule has 24 heavy (non-hydrogen) atoms. The van der Waals surface area contributed by atoms with Crippen molar-refractivity contribution in [3.05, 3.63) is 64.6 Å². The van der Waals surface area contributed by atoms with Crippen LogP contribution < -0.4 is 5.73 Å². The van der Waals surface area contributed by atoms with Crippen molar-refractivity contribution in [1.82, 2.24) is 14.8 Å². The Morgan fingerprint density at radius 1 is 1.00 bits per heavy atom. The van der Waals surface area contributed by atoms with E-state index in [9.17, 15) is 0 Å². The molecule has 0 saturated heterocycles. The fourth-order valence-electron chi connectivity index (χ4n) is 2.46. The van der Waals surface area contributed by atoms with E-state index in [4.69, 9.17) is 0 Å². The number of quaternary nitrogens is 1. The van der Waals surface area contributed by atoms with Gasteiger partial charge in [0.15, 0.2) is 11.0 Å². The van der Waals surface area contributed by atoms with Crippen molar-refractivity contribution in [1.29, 1.82) is 0 Å². The highest BCUT2D eigenvalue weighted by Gasteiger charge is 2.14. The van der Waals surface area contributed by atoms with Crippen LogP contribution in [0, 0.1) is 0 Å². The van der Waals surface area contributed by atoms with Gasteiger partial charge in [-0.15, -0.1) is 10.2 Å². The van der Waals surface area contributed by atoms with E-state index in [1.54, 1.807) is 11.8 Å². The maximum absolute atomic E-state index is 4.44. The predicted molar refractivity (Wildman–Crippen MR) is 102 cm³/mol. The number of aryl methyl sites for hydroxylation is 1. The molecule has 3 aromatic rings. The van der Waals surface area contributed by atoms with Crippen molar-refractivity contribution in [3.63, 3.8) is 0 Å². The van der Waals surface area contributed by atoms with Crippen LogP contribution in [0.15, 0.2) is 64.2 Å². The monoisotopic (exact) mass is 403 g/mol. The van der Waals surface area contributed by atoms with Gasteiger partial charge in [-0.1, -0.05) is 70.2 Å². The Kier molecular flexibility index (Phi) is 6.07. The second kappa shape index (κ2) is 8.46. The highest BCUT2D eigenvalue weighted by atomic mass is 79.9. The molecular weight excluding hydrogens is 384 g/mol. The SMILES string of the molecule is [NH3+]CCSc1nnc(-c2ccc(Br)cc2)n1CCc1ccccc1.